The normalized spacial score (nSPS) is 9.00. The third-order valence-corrected chi connectivity index (χ3v) is 0.808. The number of ketones is 1. The van der Waals surface area contributed by atoms with Crippen molar-refractivity contribution in [1.82, 2.24) is 0 Å². The van der Waals surface area contributed by atoms with Gasteiger partial charge in [-0.3, -0.25) is 0 Å². The number of rotatable bonds is 3. The van der Waals surface area contributed by atoms with Crippen molar-refractivity contribution in [3.05, 3.63) is 0 Å². The zero-order chi connectivity index (χ0) is 12.9. The standard InChI is InChI=1S/C4H7O2.2C3H7O.Al/c1-4(6)2-3-5;2*1-3(2)4;/h2-3H2,1H3;2*3H,1-2H3;/q3*-1;+3. The topological polar surface area (TPSA) is 72.4 Å². The minimum Gasteiger partial charge on any atom is -0.852 e. The van der Waals surface area contributed by atoms with Crippen molar-refractivity contribution in [1.29, 1.82) is 0 Å². The second kappa shape index (κ2) is 16.5. The SMILES string of the molecule is CC(=O)CC[O][Al+2].CC(C)[O-].CC(C)[O-]. The van der Waals surface area contributed by atoms with Crippen LogP contribution in [0, 0.1) is 0 Å². The smallest absolute Gasteiger partial charge is 0.0783 e. The van der Waals surface area contributed by atoms with Crippen molar-refractivity contribution in [2.45, 2.75) is 53.2 Å². The van der Waals surface area contributed by atoms with Gasteiger partial charge in [-0.25, -0.2) is 0 Å². The van der Waals surface area contributed by atoms with Crippen LogP contribution in [-0.2, 0) is 8.58 Å². The molecule has 5 heteroatoms. The van der Waals surface area contributed by atoms with Crippen LogP contribution < -0.4 is 10.2 Å². The van der Waals surface area contributed by atoms with Crippen LogP contribution in [0.15, 0.2) is 0 Å². The fourth-order valence-electron chi connectivity index (χ4n) is 0.203. The average Bonchev–Trinajstić information content (AvgIpc) is 1.98. The molecule has 0 aliphatic rings. The van der Waals surface area contributed by atoms with Crippen LogP contribution in [0.25, 0.3) is 0 Å². The van der Waals surface area contributed by atoms with Crippen LogP contribution in [0.3, 0.4) is 0 Å². The third kappa shape index (κ3) is 123. The number of hydrogen-bond acceptors (Lipinski definition) is 4. The molecular formula is C10H21AlO4. The average molecular weight is 232 g/mol. The molecule has 0 unspecified atom stereocenters. The fourth-order valence-corrected chi connectivity index (χ4v) is 0.321. The molecule has 0 fully saturated rings. The van der Waals surface area contributed by atoms with Gasteiger partial charge in [0.2, 0.25) is 0 Å². The Balaban J connectivity index is -0.000000155. The van der Waals surface area contributed by atoms with E-state index in [0.29, 0.717) is 13.0 Å². The summed E-state index contributed by atoms with van der Waals surface area (Å²) < 4.78 is 4.55. The predicted molar refractivity (Wildman–Crippen MR) is 57.3 cm³/mol. The van der Waals surface area contributed by atoms with E-state index in [1.54, 1.807) is 34.6 Å². The number of Topliss-reactive ketones (excluding diaryl/α,β-unsaturated/α-hetero) is 1. The van der Waals surface area contributed by atoms with E-state index in [0.717, 1.165) is 0 Å². The van der Waals surface area contributed by atoms with Gasteiger partial charge in [0, 0.05) is 0 Å². The van der Waals surface area contributed by atoms with Gasteiger partial charge in [0.15, 0.2) is 0 Å². The molecule has 0 saturated carbocycles. The molecule has 0 aromatic rings. The van der Waals surface area contributed by atoms with E-state index < -0.39 is 12.2 Å². The molecule has 0 aromatic heterocycles. The maximum Gasteiger partial charge on any atom is -0.0783 e. The first-order valence-corrected chi connectivity index (χ1v) is 5.33. The van der Waals surface area contributed by atoms with Gasteiger partial charge in [-0.05, 0) is 0 Å². The van der Waals surface area contributed by atoms with Gasteiger partial charge in [0.1, 0.15) is 0 Å². The summed E-state index contributed by atoms with van der Waals surface area (Å²) in [5.41, 5.74) is 0. The van der Waals surface area contributed by atoms with Gasteiger partial charge >= 0.3 is 50.9 Å². The monoisotopic (exact) mass is 232 g/mol. The molecule has 0 radical (unpaired) electrons. The van der Waals surface area contributed by atoms with Gasteiger partial charge in [0.05, 0.1) is 0 Å². The minimum atomic E-state index is -0.417. The Morgan fingerprint density at radius 3 is 1.53 bits per heavy atom. The summed E-state index contributed by atoms with van der Waals surface area (Å²) in [5, 5.41) is 19.1. The summed E-state index contributed by atoms with van der Waals surface area (Å²) in [7, 11) is 0. The largest absolute Gasteiger partial charge is 0.852 e. The van der Waals surface area contributed by atoms with Crippen LogP contribution in [0.4, 0.5) is 0 Å². The molecule has 0 spiro atoms. The molecule has 0 bridgehead atoms. The Kier molecular flexibility index (Phi) is 22.6. The Morgan fingerprint density at radius 1 is 1.20 bits per heavy atom. The van der Waals surface area contributed by atoms with Gasteiger partial charge in [-0.15, -0.1) is 12.2 Å². The van der Waals surface area contributed by atoms with Crippen molar-refractivity contribution in [3.63, 3.8) is 0 Å². The number of hydrogen-bond donors (Lipinski definition) is 0. The Morgan fingerprint density at radius 2 is 1.47 bits per heavy atom. The number of carbonyl (C=O) groups is 1. The van der Waals surface area contributed by atoms with Crippen LogP contribution in [0.5, 0.6) is 0 Å². The second-order valence-electron chi connectivity index (χ2n) is 3.42. The van der Waals surface area contributed by atoms with Crippen molar-refractivity contribution in [2.24, 2.45) is 0 Å². The molecule has 0 aliphatic heterocycles. The Bertz CT molecular complexity index is 115. The van der Waals surface area contributed by atoms with Crippen LogP contribution in [-0.4, -0.2) is 41.2 Å². The van der Waals surface area contributed by atoms with Gasteiger partial charge in [-0.2, -0.15) is 0 Å². The number of carbonyl (C=O) groups excluding carboxylic acids is 1. The third-order valence-electron chi connectivity index (χ3n) is 0.572. The first kappa shape index (κ1) is 20.5. The van der Waals surface area contributed by atoms with E-state index >= 15 is 0 Å². The second-order valence-corrected chi connectivity index (χ2v) is 3.75. The summed E-state index contributed by atoms with van der Waals surface area (Å²) in [5.74, 6) is 0.169. The van der Waals surface area contributed by atoms with Crippen molar-refractivity contribution < 1.29 is 18.8 Å². The molecule has 0 atom stereocenters. The van der Waals surface area contributed by atoms with E-state index in [1.807, 2.05) is 0 Å². The molecule has 15 heavy (non-hydrogen) atoms. The molecule has 0 aliphatic carbocycles. The molecule has 0 amide bonds. The summed E-state index contributed by atoms with van der Waals surface area (Å²) >= 11 is 2.09. The van der Waals surface area contributed by atoms with Crippen molar-refractivity contribution in [3.8, 4) is 0 Å². The molecule has 0 heterocycles. The first-order chi connectivity index (χ1) is 6.73. The van der Waals surface area contributed by atoms with E-state index in [1.165, 1.54) is 0 Å². The van der Waals surface area contributed by atoms with E-state index in [-0.39, 0.29) is 5.78 Å². The quantitative estimate of drug-likeness (QED) is 0.619. The molecule has 0 N–H and O–H groups in total. The maximum atomic E-state index is 10.1. The van der Waals surface area contributed by atoms with E-state index in [4.69, 9.17) is 0 Å². The maximum absolute atomic E-state index is 10.1. The predicted octanol–water partition coefficient (Wildman–Crippen LogP) is -0.424. The molecule has 0 rings (SSSR count). The van der Waals surface area contributed by atoms with E-state index in [9.17, 15) is 15.0 Å². The Labute approximate surface area is 101 Å². The summed E-state index contributed by atoms with van der Waals surface area (Å²) in [6.07, 6.45) is -0.316. The minimum absolute atomic E-state index is 0.169. The summed E-state index contributed by atoms with van der Waals surface area (Å²) in [6, 6.07) is 0. The van der Waals surface area contributed by atoms with Gasteiger partial charge in [-0.1, -0.05) is 27.7 Å². The Hall–Kier alpha value is 0.0825. The summed E-state index contributed by atoms with van der Waals surface area (Å²) in [4.78, 5) is 10.1. The fraction of sp³-hybridized carbons (Fsp3) is 0.900. The first-order valence-electron chi connectivity index (χ1n) is 4.86. The molecular weight excluding hydrogens is 211 g/mol. The molecule has 0 saturated heterocycles. The van der Waals surface area contributed by atoms with Crippen molar-refractivity contribution in [2.75, 3.05) is 6.61 Å². The van der Waals surface area contributed by atoms with Crippen LogP contribution in [0.1, 0.15) is 41.0 Å². The summed E-state index contributed by atoms with van der Waals surface area (Å²) in [6.45, 7) is 8.50. The van der Waals surface area contributed by atoms with Crippen molar-refractivity contribution >= 4 is 22.4 Å². The molecule has 4 nitrogen and oxygen atoms in total. The van der Waals surface area contributed by atoms with Crippen LogP contribution >= 0.6 is 0 Å². The molecule has 88 valence electrons. The zero-order valence-corrected chi connectivity index (χ0v) is 11.4. The van der Waals surface area contributed by atoms with E-state index in [2.05, 4.69) is 20.4 Å². The van der Waals surface area contributed by atoms with Gasteiger partial charge in [0.25, 0.3) is 0 Å². The molecule has 0 aromatic carbocycles. The van der Waals surface area contributed by atoms with Crippen LogP contribution in [0.2, 0.25) is 0 Å². The zero-order valence-electron chi connectivity index (χ0n) is 10.3. The van der Waals surface area contributed by atoms with Gasteiger partial charge < -0.3 is 10.2 Å².